The quantitative estimate of drug-likeness (QED) is 0.766. The molecule has 0 saturated heterocycles. The van der Waals surface area contributed by atoms with Crippen molar-refractivity contribution in [2.45, 2.75) is 11.5 Å². The predicted molar refractivity (Wildman–Crippen MR) is 94.6 cm³/mol. The van der Waals surface area contributed by atoms with Crippen LogP contribution in [0.3, 0.4) is 0 Å². The highest BCUT2D eigenvalue weighted by molar-refractivity contribution is 7.89. The van der Waals surface area contributed by atoms with Crippen molar-refractivity contribution in [3.8, 4) is 22.3 Å². The molecule has 0 heterocycles. The Labute approximate surface area is 141 Å². The Hall–Kier alpha value is -2.47. The average molecular weight is 339 g/mol. The molecule has 0 radical (unpaired) electrons. The van der Waals surface area contributed by atoms with Gasteiger partial charge in [0.25, 0.3) is 0 Å². The molecule has 0 aliphatic carbocycles. The first-order chi connectivity index (χ1) is 11.5. The van der Waals surface area contributed by atoms with E-state index in [1.807, 2.05) is 48.5 Å². The Kier molecular flexibility index (Phi) is 4.49. The standard InChI is InChI=1S/C19H17NO3S/c20-24(22,23)19-8-4-3-7-18(19)17-6-2-1-5-16(17)15-11-9-14(13-21)10-12-15/h1-12,21H,13H2,(H2,20,22,23). The van der Waals surface area contributed by atoms with Gasteiger partial charge in [-0.15, -0.1) is 0 Å². The minimum Gasteiger partial charge on any atom is -0.392 e. The van der Waals surface area contributed by atoms with Gasteiger partial charge in [-0.2, -0.15) is 0 Å². The molecule has 0 fully saturated rings. The smallest absolute Gasteiger partial charge is 0.238 e. The number of aliphatic hydroxyl groups is 1. The molecule has 0 bridgehead atoms. The van der Waals surface area contributed by atoms with E-state index in [4.69, 9.17) is 5.14 Å². The second-order valence-electron chi connectivity index (χ2n) is 5.44. The number of primary sulfonamides is 1. The van der Waals surface area contributed by atoms with E-state index in [0.717, 1.165) is 22.3 Å². The maximum Gasteiger partial charge on any atom is 0.238 e. The molecule has 0 aliphatic rings. The summed E-state index contributed by atoms with van der Waals surface area (Å²) in [6, 6.07) is 21.8. The van der Waals surface area contributed by atoms with Gasteiger partial charge in [0.15, 0.2) is 0 Å². The number of nitrogens with two attached hydrogens (primary N) is 1. The van der Waals surface area contributed by atoms with Gasteiger partial charge in [-0.3, -0.25) is 0 Å². The highest BCUT2D eigenvalue weighted by Gasteiger charge is 2.17. The van der Waals surface area contributed by atoms with Crippen LogP contribution in [-0.4, -0.2) is 13.5 Å². The lowest BCUT2D eigenvalue weighted by atomic mass is 9.94. The SMILES string of the molecule is NS(=O)(=O)c1ccccc1-c1ccccc1-c1ccc(CO)cc1. The van der Waals surface area contributed by atoms with E-state index in [2.05, 4.69) is 0 Å². The molecule has 3 aromatic rings. The summed E-state index contributed by atoms with van der Waals surface area (Å²) in [6.45, 7) is -0.0177. The second kappa shape index (κ2) is 6.57. The topological polar surface area (TPSA) is 80.4 Å². The van der Waals surface area contributed by atoms with Crippen LogP contribution >= 0.6 is 0 Å². The number of sulfonamides is 1. The van der Waals surface area contributed by atoms with Gasteiger partial charge in [0.1, 0.15) is 0 Å². The molecule has 3 rings (SSSR count). The third kappa shape index (κ3) is 3.23. The Morgan fingerprint density at radius 3 is 1.88 bits per heavy atom. The first-order valence-corrected chi connectivity index (χ1v) is 8.97. The normalized spacial score (nSPS) is 11.4. The number of hydrogen-bond donors (Lipinski definition) is 2. The van der Waals surface area contributed by atoms with Crippen LogP contribution in [0.4, 0.5) is 0 Å². The van der Waals surface area contributed by atoms with E-state index >= 15 is 0 Å². The third-order valence-electron chi connectivity index (χ3n) is 3.86. The molecule has 0 unspecified atom stereocenters. The Bertz CT molecular complexity index is 964. The van der Waals surface area contributed by atoms with Crippen LogP contribution in [0, 0.1) is 0 Å². The molecule has 0 amide bonds. The highest BCUT2D eigenvalue weighted by Crippen LogP contribution is 2.35. The van der Waals surface area contributed by atoms with E-state index in [-0.39, 0.29) is 11.5 Å². The zero-order valence-electron chi connectivity index (χ0n) is 12.9. The molecule has 0 atom stereocenters. The van der Waals surface area contributed by atoms with E-state index in [9.17, 15) is 13.5 Å². The van der Waals surface area contributed by atoms with Gasteiger partial charge in [-0.05, 0) is 28.3 Å². The summed E-state index contributed by atoms with van der Waals surface area (Å²) >= 11 is 0. The summed E-state index contributed by atoms with van der Waals surface area (Å²) < 4.78 is 23.8. The van der Waals surface area contributed by atoms with Gasteiger partial charge >= 0.3 is 0 Å². The summed E-state index contributed by atoms with van der Waals surface area (Å²) in [5.74, 6) is 0. The van der Waals surface area contributed by atoms with Crippen LogP contribution in [0.1, 0.15) is 5.56 Å². The lowest BCUT2D eigenvalue weighted by Crippen LogP contribution is -2.13. The van der Waals surface area contributed by atoms with Crippen molar-refractivity contribution in [2.24, 2.45) is 5.14 Å². The molecule has 3 N–H and O–H groups in total. The van der Waals surface area contributed by atoms with Crippen molar-refractivity contribution >= 4 is 10.0 Å². The number of rotatable bonds is 4. The molecule has 5 heteroatoms. The highest BCUT2D eigenvalue weighted by atomic mass is 32.2. The number of hydrogen-bond acceptors (Lipinski definition) is 3. The maximum atomic E-state index is 11.9. The van der Waals surface area contributed by atoms with Gasteiger partial charge in [0.05, 0.1) is 11.5 Å². The van der Waals surface area contributed by atoms with Crippen molar-refractivity contribution < 1.29 is 13.5 Å². The van der Waals surface area contributed by atoms with Crippen LogP contribution in [0.15, 0.2) is 77.7 Å². The van der Waals surface area contributed by atoms with Gasteiger partial charge < -0.3 is 5.11 Å². The van der Waals surface area contributed by atoms with Crippen LogP contribution < -0.4 is 5.14 Å². The van der Waals surface area contributed by atoms with Crippen LogP contribution in [0.5, 0.6) is 0 Å². The molecule has 24 heavy (non-hydrogen) atoms. The summed E-state index contributed by atoms with van der Waals surface area (Å²) in [4.78, 5) is 0.101. The molecule has 0 aliphatic heterocycles. The molecule has 0 spiro atoms. The zero-order chi connectivity index (χ0) is 17.2. The summed E-state index contributed by atoms with van der Waals surface area (Å²) in [7, 11) is -3.82. The molecule has 4 nitrogen and oxygen atoms in total. The molecule has 0 saturated carbocycles. The summed E-state index contributed by atoms with van der Waals surface area (Å²) in [5.41, 5.74) is 4.02. The van der Waals surface area contributed by atoms with Crippen molar-refractivity contribution in [3.63, 3.8) is 0 Å². The third-order valence-corrected chi connectivity index (χ3v) is 4.83. The molecule has 0 aromatic heterocycles. The molecular formula is C19H17NO3S. The van der Waals surface area contributed by atoms with E-state index in [1.165, 1.54) is 6.07 Å². The second-order valence-corrected chi connectivity index (χ2v) is 6.97. The van der Waals surface area contributed by atoms with Crippen LogP contribution in [0.25, 0.3) is 22.3 Å². The predicted octanol–water partition coefficient (Wildman–Crippen LogP) is 3.16. The fourth-order valence-corrected chi connectivity index (χ4v) is 3.45. The van der Waals surface area contributed by atoms with Crippen molar-refractivity contribution in [1.29, 1.82) is 0 Å². The van der Waals surface area contributed by atoms with Crippen molar-refractivity contribution in [1.82, 2.24) is 0 Å². The Balaban J connectivity index is 2.21. The van der Waals surface area contributed by atoms with E-state index in [0.29, 0.717) is 5.56 Å². The van der Waals surface area contributed by atoms with E-state index in [1.54, 1.807) is 18.2 Å². The molecule has 3 aromatic carbocycles. The monoisotopic (exact) mass is 339 g/mol. The van der Waals surface area contributed by atoms with Gasteiger partial charge in [0, 0.05) is 5.56 Å². The lowest BCUT2D eigenvalue weighted by molar-refractivity contribution is 0.282. The van der Waals surface area contributed by atoms with Crippen LogP contribution in [0.2, 0.25) is 0 Å². The molecule has 122 valence electrons. The van der Waals surface area contributed by atoms with Crippen LogP contribution in [-0.2, 0) is 16.6 Å². The first-order valence-electron chi connectivity index (χ1n) is 7.42. The first kappa shape index (κ1) is 16.4. The van der Waals surface area contributed by atoms with E-state index < -0.39 is 10.0 Å². The fourth-order valence-electron chi connectivity index (χ4n) is 2.70. The lowest BCUT2D eigenvalue weighted by Gasteiger charge is -2.13. The number of aliphatic hydroxyl groups excluding tert-OH is 1. The number of benzene rings is 3. The summed E-state index contributed by atoms with van der Waals surface area (Å²) in [5, 5.41) is 14.5. The zero-order valence-corrected chi connectivity index (χ0v) is 13.7. The van der Waals surface area contributed by atoms with Gasteiger partial charge in [-0.25, -0.2) is 13.6 Å². The fraction of sp³-hybridized carbons (Fsp3) is 0.0526. The van der Waals surface area contributed by atoms with Gasteiger partial charge in [0.2, 0.25) is 10.0 Å². The summed E-state index contributed by atoms with van der Waals surface area (Å²) in [6.07, 6.45) is 0. The molecular weight excluding hydrogens is 322 g/mol. The van der Waals surface area contributed by atoms with Gasteiger partial charge in [-0.1, -0.05) is 66.7 Å². The Morgan fingerprint density at radius 2 is 1.29 bits per heavy atom. The maximum absolute atomic E-state index is 11.9. The van der Waals surface area contributed by atoms with Crippen molar-refractivity contribution in [3.05, 3.63) is 78.4 Å². The largest absolute Gasteiger partial charge is 0.392 e. The minimum atomic E-state index is -3.82. The van der Waals surface area contributed by atoms with Crippen molar-refractivity contribution in [2.75, 3.05) is 0 Å². The minimum absolute atomic E-state index is 0.0177. The average Bonchev–Trinajstić information content (AvgIpc) is 2.61. The Morgan fingerprint density at radius 1 is 0.750 bits per heavy atom.